The number of ether oxygens (including phenoxy) is 2. The van der Waals surface area contributed by atoms with Crippen LogP contribution in [-0.2, 0) is 9.47 Å². The summed E-state index contributed by atoms with van der Waals surface area (Å²) in [6, 6.07) is 0. The van der Waals surface area contributed by atoms with Gasteiger partial charge in [-0.1, -0.05) is 43.6 Å². The van der Waals surface area contributed by atoms with E-state index in [-0.39, 0.29) is 22.9 Å². The number of aliphatic hydroxyl groups is 2. The van der Waals surface area contributed by atoms with Crippen molar-refractivity contribution in [2.24, 2.45) is 40.4 Å². The second-order valence-corrected chi connectivity index (χ2v) is 12.2. The highest BCUT2D eigenvalue weighted by atomic mass is 16.7. The van der Waals surface area contributed by atoms with Gasteiger partial charge < -0.3 is 19.7 Å². The summed E-state index contributed by atoms with van der Waals surface area (Å²) in [5, 5.41) is 21.4. The number of hydrogen-bond acceptors (Lipinski definition) is 4. The van der Waals surface area contributed by atoms with Gasteiger partial charge in [-0.15, -0.1) is 6.42 Å². The Morgan fingerprint density at radius 3 is 2.72 bits per heavy atom. The Kier molecular flexibility index (Phi) is 4.65. The van der Waals surface area contributed by atoms with E-state index in [0.29, 0.717) is 36.7 Å². The Morgan fingerprint density at radius 2 is 2.00 bits per heavy atom. The zero-order valence-electron chi connectivity index (χ0n) is 19.6. The number of aliphatic hydroxyl groups excluding tert-OH is 2. The minimum Gasteiger partial charge on any atom is -0.393 e. The molecule has 5 fully saturated rings. The first-order valence-corrected chi connectivity index (χ1v) is 12.7. The number of allylic oxidation sites excluding steroid dienone is 1. The fraction of sp³-hybridized carbons (Fsp3) is 0.786. The summed E-state index contributed by atoms with van der Waals surface area (Å²) in [7, 11) is 0. The van der Waals surface area contributed by atoms with Gasteiger partial charge in [0.1, 0.15) is 0 Å². The smallest absolute Gasteiger partial charge is 0.183 e. The molecule has 6 aliphatic rings. The highest BCUT2D eigenvalue weighted by molar-refractivity contribution is 5.29. The van der Waals surface area contributed by atoms with Crippen molar-refractivity contribution in [3.63, 3.8) is 0 Å². The number of rotatable bonds is 0. The summed E-state index contributed by atoms with van der Waals surface area (Å²) in [4.78, 5) is 0. The van der Waals surface area contributed by atoms with E-state index in [1.807, 2.05) is 0 Å². The largest absolute Gasteiger partial charge is 0.393 e. The molecule has 174 valence electrons. The van der Waals surface area contributed by atoms with Crippen LogP contribution < -0.4 is 0 Å². The molecule has 0 amide bonds. The number of hydrogen-bond donors (Lipinski definition) is 2. The van der Waals surface area contributed by atoms with Crippen LogP contribution in [0.2, 0.25) is 0 Å². The van der Waals surface area contributed by atoms with Crippen molar-refractivity contribution in [1.82, 2.24) is 0 Å². The van der Waals surface area contributed by atoms with E-state index in [2.05, 4.69) is 32.4 Å². The fourth-order valence-corrected chi connectivity index (χ4v) is 9.34. The van der Waals surface area contributed by atoms with Crippen LogP contribution >= 0.6 is 0 Å². The topological polar surface area (TPSA) is 58.9 Å². The van der Waals surface area contributed by atoms with E-state index in [9.17, 15) is 10.2 Å². The average Bonchev–Trinajstić information content (AvgIpc) is 3.21. The SMILES string of the molecule is C#C[C@H]1C2C(CC3C4CC=C5CC(O)CC(O)C5(C)C4CC[C@@]32C)O[C@]12CCC(=C)CO2. The average molecular weight is 439 g/mol. The van der Waals surface area contributed by atoms with Crippen molar-refractivity contribution in [1.29, 1.82) is 0 Å². The van der Waals surface area contributed by atoms with E-state index >= 15 is 0 Å². The molecule has 0 aromatic heterocycles. The minimum absolute atomic E-state index is 0.00662. The molecule has 4 heteroatoms. The van der Waals surface area contributed by atoms with Crippen molar-refractivity contribution in [2.45, 2.75) is 89.3 Å². The van der Waals surface area contributed by atoms with Crippen molar-refractivity contribution in [2.75, 3.05) is 6.61 Å². The van der Waals surface area contributed by atoms with Crippen LogP contribution in [0.15, 0.2) is 23.8 Å². The van der Waals surface area contributed by atoms with Crippen molar-refractivity contribution < 1.29 is 19.7 Å². The van der Waals surface area contributed by atoms with Crippen LogP contribution in [0.25, 0.3) is 0 Å². The van der Waals surface area contributed by atoms with Gasteiger partial charge in [-0.05, 0) is 61.7 Å². The zero-order valence-corrected chi connectivity index (χ0v) is 19.6. The first-order chi connectivity index (χ1) is 15.2. The molecule has 6 rings (SSSR count). The molecule has 2 aliphatic heterocycles. The van der Waals surface area contributed by atoms with Gasteiger partial charge in [0, 0.05) is 24.2 Å². The predicted molar refractivity (Wildman–Crippen MR) is 122 cm³/mol. The van der Waals surface area contributed by atoms with Gasteiger partial charge in [-0.3, -0.25) is 0 Å². The molecule has 0 aromatic carbocycles. The lowest BCUT2D eigenvalue weighted by Gasteiger charge is -2.59. The molecule has 4 aliphatic carbocycles. The third-order valence-corrected chi connectivity index (χ3v) is 11.0. The van der Waals surface area contributed by atoms with Gasteiger partial charge in [0.15, 0.2) is 5.79 Å². The van der Waals surface area contributed by atoms with Gasteiger partial charge in [-0.25, -0.2) is 0 Å². The summed E-state index contributed by atoms with van der Waals surface area (Å²) >= 11 is 0. The third kappa shape index (κ3) is 2.60. The molecule has 0 bridgehead atoms. The molecule has 0 aromatic rings. The summed E-state index contributed by atoms with van der Waals surface area (Å²) in [5.41, 5.74) is 2.36. The van der Waals surface area contributed by atoms with E-state index < -0.39 is 18.0 Å². The summed E-state index contributed by atoms with van der Waals surface area (Å²) in [6.07, 6.45) is 15.1. The minimum atomic E-state index is -0.628. The van der Waals surface area contributed by atoms with Gasteiger partial charge in [0.25, 0.3) is 0 Å². The van der Waals surface area contributed by atoms with Gasteiger partial charge in [0.2, 0.25) is 0 Å². The van der Waals surface area contributed by atoms with Gasteiger partial charge in [0.05, 0.1) is 30.8 Å². The molecule has 2 saturated heterocycles. The highest BCUT2D eigenvalue weighted by Gasteiger charge is 2.70. The van der Waals surface area contributed by atoms with Crippen molar-refractivity contribution in [3.05, 3.63) is 23.8 Å². The predicted octanol–water partition coefficient (Wildman–Crippen LogP) is 4.22. The second kappa shape index (κ2) is 6.95. The highest BCUT2D eigenvalue weighted by Crippen LogP contribution is 2.70. The van der Waals surface area contributed by atoms with Gasteiger partial charge in [-0.2, -0.15) is 0 Å². The van der Waals surface area contributed by atoms with E-state index in [0.717, 1.165) is 50.5 Å². The molecule has 0 radical (unpaired) electrons. The lowest BCUT2D eigenvalue weighted by Crippen LogP contribution is -2.56. The van der Waals surface area contributed by atoms with E-state index in [4.69, 9.17) is 15.9 Å². The van der Waals surface area contributed by atoms with Crippen molar-refractivity contribution in [3.8, 4) is 12.3 Å². The standard InChI is InChI=1S/C28H38O4/c1-5-20-25-23(32-28(20)11-8-16(2)15-31-28)14-22-19-7-6-17-12-18(29)13-24(30)27(17,4)21(19)9-10-26(22,25)3/h1,6,18-25,29-30H,2,7-15H2,3-4H3/t18?,19?,20-,21?,22?,23?,24?,25?,26-,27?,28+/m0/s1. The monoisotopic (exact) mass is 438 g/mol. The summed E-state index contributed by atoms with van der Waals surface area (Å²) < 4.78 is 13.1. The van der Waals surface area contributed by atoms with E-state index in [1.165, 1.54) is 5.57 Å². The zero-order chi connectivity index (χ0) is 22.5. The molecule has 3 saturated carbocycles. The molecule has 32 heavy (non-hydrogen) atoms. The Labute approximate surface area is 192 Å². The first-order valence-electron chi connectivity index (χ1n) is 12.7. The van der Waals surface area contributed by atoms with Crippen LogP contribution in [0, 0.1) is 52.8 Å². The van der Waals surface area contributed by atoms with E-state index in [1.54, 1.807) is 0 Å². The molecule has 2 N–H and O–H groups in total. The Hall–Kier alpha value is -1.12. The number of terminal acetylenes is 1. The first kappa shape index (κ1) is 21.4. The molecule has 1 spiro atoms. The normalized spacial score (nSPS) is 56.6. The van der Waals surface area contributed by atoms with Crippen LogP contribution in [0.4, 0.5) is 0 Å². The second-order valence-electron chi connectivity index (χ2n) is 12.2. The molecule has 11 atom stereocenters. The molecule has 4 nitrogen and oxygen atoms in total. The van der Waals surface area contributed by atoms with Gasteiger partial charge >= 0.3 is 0 Å². The Bertz CT molecular complexity index is 890. The quantitative estimate of drug-likeness (QED) is 0.439. The summed E-state index contributed by atoms with van der Waals surface area (Å²) in [5.74, 6) is 4.41. The number of fused-ring (bicyclic) bond motifs is 7. The molecule has 8 unspecified atom stereocenters. The maximum absolute atomic E-state index is 11.1. The van der Waals surface area contributed by atoms with Crippen LogP contribution in [0.1, 0.15) is 65.2 Å². The fourth-order valence-electron chi connectivity index (χ4n) is 9.34. The maximum atomic E-state index is 11.1. The Balaban J connectivity index is 1.32. The van der Waals surface area contributed by atoms with Crippen LogP contribution in [0.5, 0.6) is 0 Å². The molecular formula is C28H38O4. The van der Waals surface area contributed by atoms with Crippen LogP contribution in [0.3, 0.4) is 0 Å². The Morgan fingerprint density at radius 1 is 1.19 bits per heavy atom. The van der Waals surface area contributed by atoms with Crippen LogP contribution in [-0.4, -0.2) is 40.9 Å². The maximum Gasteiger partial charge on any atom is 0.183 e. The lowest BCUT2D eigenvalue weighted by molar-refractivity contribution is -0.250. The lowest BCUT2D eigenvalue weighted by atomic mass is 9.46. The summed E-state index contributed by atoms with van der Waals surface area (Å²) in [6.45, 7) is 9.38. The third-order valence-electron chi connectivity index (χ3n) is 11.0. The molecule has 2 heterocycles. The van der Waals surface area contributed by atoms with Crippen molar-refractivity contribution >= 4 is 0 Å². The molecular weight excluding hydrogens is 400 g/mol.